The Balaban J connectivity index is 2.48. The van der Waals surface area contributed by atoms with Crippen molar-refractivity contribution < 1.29 is 4.79 Å². The van der Waals surface area contributed by atoms with Gasteiger partial charge in [-0.2, -0.15) is 0 Å². The first kappa shape index (κ1) is 10.5. The number of hydrogen-bond donors (Lipinski definition) is 1. The molecule has 2 N–H and O–H groups in total. The molecule has 0 bridgehead atoms. The largest absolute Gasteiger partial charge is 0.368 e. The molecule has 0 aromatic rings. The standard InChI is InChI=1S/C10H20N2O/c1-3-8-5-6-12(7-8)9(4-2)10(11)13/h8-9H,3-7H2,1-2H3,(H2,11,13). The van der Waals surface area contributed by atoms with Crippen molar-refractivity contribution in [2.45, 2.75) is 39.2 Å². The fourth-order valence-electron chi connectivity index (χ4n) is 2.12. The minimum absolute atomic E-state index is 0.0310. The van der Waals surface area contributed by atoms with Crippen LogP contribution in [0.5, 0.6) is 0 Å². The highest BCUT2D eigenvalue weighted by Gasteiger charge is 2.28. The van der Waals surface area contributed by atoms with E-state index in [2.05, 4.69) is 11.8 Å². The van der Waals surface area contributed by atoms with Crippen molar-refractivity contribution in [2.75, 3.05) is 13.1 Å². The minimum Gasteiger partial charge on any atom is -0.368 e. The van der Waals surface area contributed by atoms with Crippen molar-refractivity contribution in [3.63, 3.8) is 0 Å². The number of rotatable bonds is 4. The Bertz CT molecular complexity index is 182. The molecular formula is C10H20N2O. The van der Waals surface area contributed by atoms with Crippen LogP contribution in [0, 0.1) is 5.92 Å². The summed E-state index contributed by atoms with van der Waals surface area (Å²) >= 11 is 0. The van der Waals surface area contributed by atoms with Crippen LogP contribution in [0.25, 0.3) is 0 Å². The van der Waals surface area contributed by atoms with Crippen LogP contribution in [-0.2, 0) is 4.79 Å². The first-order chi connectivity index (χ1) is 6.19. The molecular weight excluding hydrogens is 164 g/mol. The zero-order valence-electron chi connectivity index (χ0n) is 8.62. The van der Waals surface area contributed by atoms with Crippen molar-refractivity contribution >= 4 is 5.91 Å². The van der Waals surface area contributed by atoms with Crippen LogP contribution >= 0.6 is 0 Å². The molecule has 3 nitrogen and oxygen atoms in total. The summed E-state index contributed by atoms with van der Waals surface area (Å²) in [5.74, 6) is 0.604. The Hall–Kier alpha value is -0.570. The molecule has 1 aliphatic heterocycles. The van der Waals surface area contributed by atoms with Gasteiger partial charge in [-0.25, -0.2) is 0 Å². The highest BCUT2D eigenvalue weighted by atomic mass is 16.1. The summed E-state index contributed by atoms with van der Waals surface area (Å²) in [6, 6.07) is -0.0310. The van der Waals surface area contributed by atoms with E-state index >= 15 is 0 Å². The fourth-order valence-corrected chi connectivity index (χ4v) is 2.12. The summed E-state index contributed by atoms with van der Waals surface area (Å²) in [6.07, 6.45) is 3.28. The molecule has 2 atom stereocenters. The summed E-state index contributed by atoms with van der Waals surface area (Å²) in [5, 5.41) is 0. The van der Waals surface area contributed by atoms with Crippen molar-refractivity contribution in [2.24, 2.45) is 11.7 Å². The Morgan fingerprint density at radius 1 is 1.62 bits per heavy atom. The monoisotopic (exact) mass is 184 g/mol. The second kappa shape index (κ2) is 4.61. The third kappa shape index (κ3) is 2.44. The SMILES string of the molecule is CCC1CCN(C(CC)C(N)=O)C1. The summed E-state index contributed by atoms with van der Waals surface area (Å²) in [6.45, 7) is 6.33. The van der Waals surface area contributed by atoms with Crippen LogP contribution < -0.4 is 5.73 Å². The zero-order chi connectivity index (χ0) is 9.84. The predicted octanol–water partition coefficient (Wildman–Crippen LogP) is 0.982. The van der Waals surface area contributed by atoms with Gasteiger partial charge < -0.3 is 5.73 Å². The highest BCUT2D eigenvalue weighted by molar-refractivity contribution is 5.79. The molecule has 2 unspecified atom stereocenters. The molecule has 0 aromatic heterocycles. The third-order valence-corrected chi connectivity index (χ3v) is 3.05. The smallest absolute Gasteiger partial charge is 0.234 e. The lowest BCUT2D eigenvalue weighted by molar-refractivity contribution is -0.123. The van der Waals surface area contributed by atoms with E-state index in [4.69, 9.17) is 5.73 Å². The van der Waals surface area contributed by atoms with Crippen molar-refractivity contribution in [1.82, 2.24) is 4.90 Å². The van der Waals surface area contributed by atoms with Gasteiger partial charge in [0.1, 0.15) is 0 Å². The van der Waals surface area contributed by atoms with Crippen LogP contribution in [0.4, 0.5) is 0 Å². The molecule has 1 heterocycles. The number of carbonyl (C=O) groups is 1. The first-order valence-corrected chi connectivity index (χ1v) is 5.22. The van der Waals surface area contributed by atoms with E-state index in [0.29, 0.717) is 0 Å². The van der Waals surface area contributed by atoms with E-state index in [1.165, 1.54) is 12.8 Å². The van der Waals surface area contributed by atoms with Gasteiger partial charge in [0, 0.05) is 6.54 Å². The molecule has 1 rings (SSSR count). The lowest BCUT2D eigenvalue weighted by Crippen LogP contribution is -2.43. The van der Waals surface area contributed by atoms with E-state index in [1.54, 1.807) is 0 Å². The van der Waals surface area contributed by atoms with Gasteiger partial charge in [0.25, 0.3) is 0 Å². The van der Waals surface area contributed by atoms with Crippen molar-refractivity contribution in [1.29, 1.82) is 0 Å². The Kier molecular flexibility index (Phi) is 3.72. The Labute approximate surface area is 80.3 Å². The number of nitrogens with zero attached hydrogens (tertiary/aromatic N) is 1. The molecule has 1 saturated heterocycles. The van der Waals surface area contributed by atoms with E-state index < -0.39 is 0 Å². The Morgan fingerprint density at radius 2 is 2.31 bits per heavy atom. The Morgan fingerprint density at radius 3 is 2.69 bits per heavy atom. The lowest BCUT2D eigenvalue weighted by Gasteiger charge is -2.23. The van der Waals surface area contributed by atoms with Gasteiger partial charge in [-0.1, -0.05) is 20.3 Å². The second-order valence-corrected chi connectivity index (χ2v) is 3.88. The third-order valence-electron chi connectivity index (χ3n) is 3.05. The maximum Gasteiger partial charge on any atom is 0.234 e. The van der Waals surface area contributed by atoms with Crippen LogP contribution in [0.15, 0.2) is 0 Å². The molecule has 1 fully saturated rings. The molecule has 76 valence electrons. The molecule has 3 heteroatoms. The van der Waals surface area contributed by atoms with Gasteiger partial charge >= 0.3 is 0 Å². The molecule has 0 spiro atoms. The number of amides is 1. The number of primary amides is 1. The molecule has 0 aromatic carbocycles. The van der Waals surface area contributed by atoms with Gasteiger partial charge in [-0.15, -0.1) is 0 Å². The van der Waals surface area contributed by atoms with E-state index in [-0.39, 0.29) is 11.9 Å². The normalized spacial score (nSPS) is 26.2. The molecule has 0 radical (unpaired) electrons. The molecule has 0 aliphatic carbocycles. The van der Waals surface area contributed by atoms with Crippen molar-refractivity contribution in [3.05, 3.63) is 0 Å². The predicted molar refractivity (Wildman–Crippen MR) is 53.2 cm³/mol. The van der Waals surface area contributed by atoms with Crippen LogP contribution in [0.1, 0.15) is 33.1 Å². The molecule has 0 saturated carbocycles. The van der Waals surface area contributed by atoms with E-state index in [1.807, 2.05) is 6.92 Å². The summed E-state index contributed by atoms with van der Waals surface area (Å²) in [7, 11) is 0. The lowest BCUT2D eigenvalue weighted by atomic mass is 10.1. The van der Waals surface area contributed by atoms with Crippen LogP contribution in [0.3, 0.4) is 0 Å². The number of nitrogens with two attached hydrogens (primary N) is 1. The van der Waals surface area contributed by atoms with Crippen molar-refractivity contribution in [3.8, 4) is 0 Å². The summed E-state index contributed by atoms with van der Waals surface area (Å²) in [4.78, 5) is 13.3. The van der Waals surface area contributed by atoms with Crippen LogP contribution in [-0.4, -0.2) is 29.9 Å². The van der Waals surface area contributed by atoms with E-state index in [9.17, 15) is 4.79 Å². The van der Waals surface area contributed by atoms with Gasteiger partial charge in [-0.05, 0) is 25.3 Å². The summed E-state index contributed by atoms with van der Waals surface area (Å²) < 4.78 is 0. The first-order valence-electron chi connectivity index (χ1n) is 5.22. The second-order valence-electron chi connectivity index (χ2n) is 3.88. The maximum atomic E-state index is 11.1. The minimum atomic E-state index is -0.167. The van der Waals surface area contributed by atoms with Gasteiger partial charge in [0.2, 0.25) is 5.91 Å². The average molecular weight is 184 g/mol. The number of hydrogen-bond acceptors (Lipinski definition) is 2. The molecule has 1 amide bonds. The molecule has 13 heavy (non-hydrogen) atoms. The van der Waals surface area contributed by atoms with Crippen LogP contribution in [0.2, 0.25) is 0 Å². The maximum absolute atomic E-state index is 11.1. The van der Waals surface area contributed by atoms with Gasteiger partial charge in [0.15, 0.2) is 0 Å². The summed E-state index contributed by atoms with van der Waals surface area (Å²) in [5.41, 5.74) is 5.33. The van der Waals surface area contributed by atoms with Gasteiger partial charge in [0.05, 0.1) is 6.04 Å². The molecule has 1 aliphatic rings. The zero-order valence-corrected chi connectivity index (χ0v) is 8.62. The highest BCUT2D eigenvalue weighted by Crippen LogP contribution is 2.21. The van der Waals surface area contributed by atoms with E-state index in [0.717, 1.165) is 25.4 Å². The number of carbonyl (C=O) groups excluding carboxylic acids is 1. The quantitative estimate of drug-likeness (QED) is 0.708. The fraction of sp³-hybridized carbons (Fsp3) is 0.900. The topological polar surface area (TPSA) is 46.3 Å². The average Bonchev–Trinajstić information content (AvgIpc) is 2.53. The number of likely N-dealkylation sites (tertiary alicyclic amines) is 1. The van der Waals surface area contributed by atoms with Gasteiger partial charge in [-0.3, -0.25) is 9.69 Å².